The number of nitrogens with one attached hydrogen (secondary N) is 1. The van der Waals surface area contributed by atoms with Gasteiger partial charge in [0.2, 0.25) is 10.0 Å². The van der Waals surface area contributed by atoms with Gasteiger partial charge in [0.1, 0.15) is 0 Å². The number of alkyl halides is 1. The number of sulfonamides is 1. The zero-order valence-corrected chi connectivity index (χ0v) is 12.1. The minimum absolute atomic E-state index is 0.232. The van der Waals surface area contributed by atoms with Gasteiger partial charge in [-0.05, 0) is 31.1 Å². The molecule has 0 aliphatic carbocycles. The van der Waals surface area contributed by atoms with E-state index in [1.165, 1.54) is 0 Å². The van der Waals surface area contributed by atoms with Crippen molar-refractivity contribution in [1.82, 2.24) is 4.72 Å². The summed E-state index contributed by atoms with van der Waals surface area (Å²) in [7, 11) is -3.06. The van der Waals surface area contributed by atoms with Crippen LogP contribution in [0.25, 0.3) is 0 Å². The fourth-order valence-corrected chi connectivity index (χ4v) is 2.75. The molecular formula is C11H24ClNO2S. The fourth-order valence-electron chi connectivity index (χ4n) is 1.22. The molecule has 16 heavy (non-hydrogen) atoms. The Morgan fingerprint density at radius 1 is 1.19 bits per heavy atom. The maximum Gasteiger partial charge on any atom is 0.211 e. The van der Waals surface area contributed by atoms with Crippen LogP contribution in [0.5, 0.6) is 0 Å². The van der Waals surface area contributed by atoms with Crippen molar-refractivity contribution in [3.8, 4) is 0 Å². The lowest BCUT2D eigenvalue weighted by Crippen LogP contribution is -2.28. The highest BCUT2D eigenvalue weighted by atomic mass is 35.5. The summed E-state index contributed by atoms with van der Waals surface area (Å²) >= 11 is 5.67. The molecule has 0 saturated heterocycles. The van der Waals surface area contributed by atoms with E-state index < -0.39 is 10.0 Å². The van der Waals surface area contributed by atoms with Crippen LogP contribution in [0.3, 0.4) is 0 Å². The van der Waals surface area contributed by atoms with Crippen LogP contribution >= 0.6 is 11.6 Å². The van der Waals surface area contributed by atoms with E-state index in [1.54, 1.807) is 0 Å². The molecule has 0 heterocycles. The molecule has 0 rings (SSSR count). The molecule has 0 aliphatic heterocycles. The van der Waals surface area contributed by atoms with E-state index >= 15 is 0 Å². The summed E-state index contributed by atoms with van der Waals surface area (Å²) in [6, 6.07) is 0. The van der Waals surface area contributed by atoms with E-state index in [1.807, 2.05) is 13.8 Å². The summed E-state index contributed by atoms with van der Waals surface area (Å²) in [5.74, 6) is 1.75. The van der Waals surface area contributed by atoms with Gasteiger partial charge < -0.3 is 0 Å². The van der Waals surface area contributed by atoms with Crippen molar-refractivity contribution in [3.63, 3.8) is 0 Å². The van der Waals surface area contributed by atoms with Gasteiger partial charge in [0.05, 0.1) is 5.75 Å². The molecular weight excluding hydrogens is 246 g/mol. The van der Waals surface area contributed by atoms with Gasteiger partial charge in [-0.2, -0.15) is 0 Å². The highest BCUT2D eigenvalue weighted by molar-refractivity contribution is 7.89. The second-order valence-corrected chi connectivity index (χ2v) is 7.03. The Labute approximate surface area is 105 Å². The summed E-state index contributed by atoms with van der Waals surface area (Å²) in [6.07, 6.45) is 2.54. The van der Waals surface area contributed by atoms with Gasteiger partial charge in [0.15, 0.2) is 0 Å². The highest BCUT2D eigenvalue weighted by Crippen LogP contribution is 2.07. The Morgan fingerprint density at radius 3 is 2.31 bits per heavy atom. The number of rotatable bonds is 9. The smallest absolute Gasteiger partial charge is 0.211 e. The quantitative estimate of drug-likeness (QED) is 0.517. The molecule has 1 atom stereocenters. The van der Waals surface area contributed by atoms with Gasteiger partial charge in [-0.15, -0.1) is 11.6 Å². The molecule has 0 bridgehead atoms. The molecule has 0 aromatic heterocycles. The van der Waals surface area contributed by atoms with Crippen molar-refractivity contribution in [3.05, 3.63) is 0 Å². The predicted octanol–water partition coefficient (Wildman–Crippen LogP) is 2.61. The average molecular weight is 270 g/mol. The largest absolute Gasteiger partial charge is 0.215 e. The first-order chi connectivity index (χ1) is 7.37. The second kappa shape index (κ2) is 8.31. The van der Waals surface area contributed by atoms with Gasteiger partial charge in [0.25, 0.3) is 0 Å². The average Bonchev–Trinajstić information content (AvgIpc) is 2.21. The summed E-state index contributed by atoms with van der Waals surface area (Å²) < 4.78 is 25.6. The second-order valence-electron chi connectivity index (χ2n) is 4.80. The van der Waals surface area contributed by atoms with Crippen molar-refractivity contribution < 1.29 is 8.42 Å². The Balaban J connectivity index is 3.66. The molecule has 1 N–H and O–H groups in total. The van der Waals surface area contributed by atoms with E-state index in [0.29, 0.717) is 30.7 Å². The van der Waals surface area contributed by atoms with Gasteiger partial charge in [-0.25, -0.2) is 13.1 Å². The third-order valence-electron chi connectivity index (χ3n) is 2.42. The standard InChI is InChI=1S/C11H24ClNO2S/c1-10(2)6-8-16(14,15)13-7-4-5-11(3)9-12/h10-11,13H,4-9H2,1-3H3. The number of halogens is 1. The molecule has 98 valence electrons. The van der Waals surface area contributed by atoms with Crippen LogP contribution in [0.1, 0.15) is 40.0 Å². The molecule has 0 fully saturated rings. The summed E-state index contributed by atoms with van der Waals surface area (Å²) in [6.45, 7) is 6.65. The monoisotopic (exact) mass is 269 g/mol. The normalized spacial score (nSPS) is 14.3. The Morgan fingerprint density at radius 2 is 1.81 bits per heavy atom. The lowest BCUT2D eigenvalue weighted by molar-refractivity contribution is 0.537. The zero-order chi connectivity index (χ0) is 12.6. The highest BCUT2D eigenvalue weighted by Gasteiger charge is 2.10. The van der Waals surface area contributed by atoms with Crippen LogP contribution in [0.2, 0.25) is 0 Å². The summed E-state index contributed by atoms with van der Waals surface area (Å²) in [5, 5.41) is 0. The Hall–Kier alpha value is 0.200. The molecule has 5 heteroatoms. The molecule has 0 aromatic rings. The maximum atomic E-state index is 11.5. The molecule has 0 saturated carbocycles. The van der Waals surface area contributed by atoms with E-state index in [9.17, 15) is 8.42 Å². The van der Waals surface area contributed by atoms with Crippen LogP contribution in [0, 0.1) is 11.8 Å². The zero-order valence-electron chi connectivity index (χ0n) is 10.5. The minimum Gasteiger partial charge on any atom is -0.215 e. The molecule has 0 radical (unpaired) electrons. The van der Waals surface area contributed by atoms with Gasteiger partial charge in [0, 0.05) is 12.4 Å². The van der Waals surface area contributed by atoms with Crippen LogP contribution in [-0.4, -0.2) is 26.6 Å². The van der Waals surface area contributed by atoms with E-state index in [-0.39, 0.29) is 5.75 Å². The van der Waals surface area contributed by atoms with Gasteiger partial charge in [-0.1, -0.05) is 20.8 Å². The molecule has 0 spiro atoms. The van der Waals surface area contributed by atoms with Crippen molar-refractivity contribution in [1.29, 1.82) is 0 Å². The van der Waals surface area contributed by atoms with Crippen LogP contribution in [0.4, 0.5) is 0 Å². The first-order valence-corrected chi connectivity index (χ1v) is 8.09. The molecule has 0 aliphatic rings. The number of hydrogen-bond donors (Lipinski definition) is 1. The van der Waals surface area contributed by atoms with Gasteiger partial charge >= 0.3 is 0 Å². The van der Waals surface area contributed by atoms with Gasteiger partial charge in [-0.3, -0.25) is 0 Å². The minimum atomic E-state index is -3.06. The molecule has 3 nitrogen and oxygen atoms in total. The topological polar surface area (TPSA) is 46.2 Å². The Kier molecular flexibility index (Phi) is 8.42. The summed E-state index contributed by atoms with van der Waals surface area (Å²) in [5.41, 5.74) is 0. The van der Waals surface area contributed by atoms with Crippen LogP contribution in [0.15, 0.2) is 0 Å². The molecule has 1 unspecified atom stereocenters. The maximum absolute atomic E-state index is 11.5. The van der Waals surface area contributed by atoms with Crippen LogP contribution < -0.4 is 4.72 Å². The van der Waals surface area contributed by atoms with E-state index in [0.717, 1.165) is 12.8 Å². The lowest BCUT2D eigenvalue weighted by atomic mass is 10.1. The Bertz CT molecular complexity index is 265. The van der Waals surface area contributed by atoms with Crippen molar-refractivity contribution >= 4 is 21.6 Å². The van der Waals surface area contributed by atoms with Crippen LogP contribution in [-0.2, 0) is 10.0 Å². The van der Waals surface area contributed by atoms with E-state index in [2.05, 4.69) is 11.6 Å². The first kappa shape index (κ1) is 16.2. The third kappa shape index (κ3) is 9.43. The van der Waals surface area contributed by atoms with E-state index in [4.69, 9.17) is 11.6 Å². The first-order valence-electron chi connectivity index (χ1n) is 5.90. The van der Waals surface area contributed by atoms with Crippen molar-refractivity contribution in [2.24, 2.45) is 11.8 Å². The predicted molar refractivity (Wildman–Crippen MR) is 70.4 cm³/mol. The fraction of sp³-hybridized carbons (Fsp3) is 1.00. The lowest BCUT2D eigenvalue weighted by Gasteiger charge is -2.09. The SMILES string of the molecule is CC(C)CCS(=O)(=O)NCCCC(C)CCl. The van der Waals surface area contributed by atoms with Crippen molar-refractivity contribution in [2.45, 2.75) is 40.0 Å². The van der Waals surface area contributed by atoms with Crippen molar-refractivity contribution in [2.75, 3.05) is 18.2 Å². The summed E-state index contributed by atoms with van der Waals surface area (Å²) in [4.78, 5) is 0. The molecule has 0 amide bonds. The molecule has 0 aromatic carbocycles. The third-order valence-corrected chi connectivity index (χ3v) is 4.37. The number of hydrogen-bond acceptors (Lipinski definition) is 2.